The average molecular weight is 374 g/mol. The number of fused-ring (bicyclic) bond motifs is 1. The number of carbonyl (C=O) groups excluding carboxylic acids is 1. The smallest absolute Gasteiger partial charge is 0.308 e. The number of hydrogen-bond donors (Lipinski definition) is 1. The fourth-order valence-corrected chi connectivity index (χ4v) is 3.90. The Balaban J connectivity index is 1.46. The molecule has 0 fully saturated rings. The zero-order chi connectivity index (χ0) is 17.2. The molecule has 1 aliphatic heterocycles. The number of nitrogens with zero attached hydrogens (tertiary/aromatic N) is 1. The summed E-state index contributed by atoms with van der Waals surface area (Å²) in [5, 5.41) is 4.79. The second-order valence-electron chi connectivity index (χ2n) is 5.44. The summed E-state index contributed by atoms with van der Waals surface area (Å²) >= 11 is 2.53. The third-order valence-electron chi connectivity index (χ3n) is 3.72. The molecule has 25 heavy (non-hydrogen) atoms. The summed E-state index contributed by atoms with van der Waals surface area (Å²) in [7, 11) is 0. The molecule has 128 valence electrons. The molecule has 2 aromatic heterocycles. The van der Waals surface area contributed by atoms with E-state index < -0.39 is 0 Å². The minimum atomic E-state index is -0.236. The number of nitrogens with one attached hydrogen (secondary N) is 1. The largest absolute Gasteiger partial charge is 0.454 e. The van der Waals surface area contributed by atoms with Gasteiger partial charge in [0.05, 0.1) is 13.1 Å². The monoisotopic (exact) mass is 374 g/mol. The van der Waals surface area contributed by atoms with Crippen molar-refractivity contribution in [2.45, 2.75) is 13.1 Å². The van der Waals surface area contributed by atoms with E-state index in [9.17, 15) is 9.59 Å². The molecule has 4 rings (SSSR count). The molecule has 0 saturated carbocycles. The lowest BCUT2D eigenvalue weighted by molar-refractivity contribution is 0.0955. The first-order valence-electron chi connectivity index (χ1n) is 7.58. The van der Waals surface area contributed by atoms with Crippen molar-refractivity contribution < 1.29 is 14.3 Å². The molecule has 3 aromatic rings. The van der Waals surface area contributed by atoms with E-state index in [0.717, 1.165) is 21.8 Å². The molecule has 6 nitrogen and oxygen atoms in total. The standard InChI is InChI=1S/C17H14N2O4S2/c20-16(18-7-12-2-1-5-24-12)15-9-19(17(21)25-15)8-11-3-4-13-14(6-11)23-10-22-13/h1-6,9H,7-8,10H2,(H,18,20). The molecule has 0 unspecified atom stereocenters. The molecular weight excluding hydrogens is 360 g/mol. The van der Waals surface area contributed by atoms with Gasteiger partial charge in [0.1, 0.15) is 4.88 Å². The van der Waals surface area contributed by atoms with E-state index >= 15 is 0 Å². The third kappa shape index (κ3) is 3.45. The molecule has 1 amide bonds. The molecule has 0 radical (unpaired) electrons. The summed E-state index contributed by atoms with van der Waals surface area (Å²) < 4.78 is 12.2. The van der Waals surface area contributed by atoms with Crippen molar-refractivity contribution >= 4 is 28.6 Å². The molecule has 1 N–H and O–H groups in total. The van der Waals surface area contributed by atoms with Crippen LogP contribution in [0.4, 0.5) is 0 Å². The fraction of sp³-hybridized carbons (Fsp3) is 0.176. The van der Waals surface area contributed by atoms with Gasteiger partial charge in [-0.15, -0.1) is 11.3 Å². The first kappa shape index (κ1) is 15.9. The highest BCUT2D eigenvalue weighted by Gasteiger charge is 2.15. The molecule has 0 bridgehead atoms. The third-order valence-corrected chi connectivity index (χ3v) is 5.52. The van der Waals surface area contributed by atoms with E-state index in [1.807, 2.05) is 35.7 Å². The van der Waals surface area contributed by atoms with Crippen LogP contribution in [-0.4, -0.2) is 17.3 Å². The Morgan fingerprint density at radius 2 is 2.12 bits per heavy atom. The lowest BCUT2D eigenvalue weighted by Gasteiger charge is -2.04. The van der Waals surface area contributed by atoms with Gasteiger partial charge in [-0.2, -0.15) is 0 Å². The predicted octanol–water partition coefficient (Wildman–Crippen LogP) is 2.68. The molecule has 1 aromatic carbocycles. The second kappa shape index (κ2) is 6.73. The van der Waals surface area contributed by atoms with Crippen molar-refractivity contribution in [2.75, 3.05) is 6.79 Å². The van der Waals surface area contributed by atoms with Gasteiger partial charge >= 0.3 is 4.87 Å². The second-order valence-corrected chi connectivity index (χ2v) is 7.46. The van der Waals surface area contributed by atoms with Crippen LogP contribution in [0.5, 0.6) is 11.5 Å². The lowest BCUT2D eigenvalue weighted by Crippen LogP contribution is -2.21. The Hall–Kier alpha value is -2.58. The number of rotatable bonds is 5. The number of carbonyl (C=O) groups is 1. The van der Waals surface area contributed by atoms with Crippen LogP contribution in [0.3, 0.4) is 0 Å². The van der Waals surface area contributed by atoms with Gasteiger partial charge in [-0.25, -0.2) is 0 Å². The Bertz CT molecular complexity index is 959. The minimum Gasteiger partial charge on any atom is -0.454 e. The van der Waals surface area contributed by atoms with E-state index in [0.29, 0.717) is 29.5 Å². The van der Waals surface area contributed by atoms with Crippen molar-refractivity contribution in [3.8, 4) is 11.5 Å². The predicted molar refractivity (Wildman–Crippen MR) is 95.7 cm³/mol. The van der Waals surface area contributed by atoms with Gasteiger partial charge in [0.15, 0.2) is 11.5 Å². The zero-order valence-corrected chi connectivity index (χ0v) is 14.7. The topological polar surface area (TPSA) is 69.6 Å². The summed E-state index contributed by atoms with van der Waals surface area (Å²) in [4.78, 5) is 25.7. The Labute approximate surface area is 151 Å². The number of thiophene rings is 1. The first-order valence-corrected chi connectivity index (χ1v) is 9.28. The Kier molecular flexibility index (Phi) is 4.29. The van der Waals surface area contributed by atoms with Crippen molar-refractivity contribution in [2.24, 2.45) is 0 Å². The van der Waals surface area contributed by atoms with Gasteiger partial charge in [-0.05, 0) is 29.1 Å². The molecule has 3 heterocycles. The summed E-state index contributed by atoms with van der Waals surface area (Å²) in [5.41, 5.74) is 0.912. The van der Waals surface area contributed by atoms with E-state index in [2.05, 4.69) is 5.32 Å². The van der Waals surface area contributed by atoms with E-state index in [1.54, 1.807) is 17.5 Å². The quantitative estimate of drug-likeness (QED) is 0.745. The fourth-order valence-electron chi connectivity index (χ4n) is 2.49. The Morgan fingerprint density at radius 1 is 1.24 bits per heavy atom. The van der Waals surface area contributed by atoms with E-state index in [4.69, 9.17) is 9.47 Å². The average Bonchev–Trinajstić information content (AvgIpc) is 3.34. The molecule has 8 heteroatoms. The molecule has 0 aliphatic carbocycles. The Morgan fingerprint density at radius 3 is 2.96 bits per heavy atom. The van der Waals surface area contributed by atoms with Crippen molar-refractivity contribution in [3.63, 3.8) is 0 Å². The van der Waals surface area contributed by atoms with Gasteiger partial charge in [0, 0.05) is 11.1 Å². The van der Waals surface area contributed by atoms with Crippen molar-refractivity contribution in [1.29, 1.82) is 0 Å². The highest BCUT2D eigenvalue weighted by atomic mass is 32.1. The number of amides is 1. The van der Waals surface area contributed by atoms with Crippen LogP contribution < -0.4 is 19.7 Å². The van der Waals surface area contributed by atoms with Crippen LogP contribution in [0.2, 0.25) is 0 Å². The SMILES string of the molecule is O=C(NCc1cccs1)c1cn(Cc2ccc3c(c2)OCO3)c(=O)s1. The maximum Gasteiger partial charge on any atom is 0.308 e. The molecule has 1 aliphatic rings. The number of benzene rings is 1. The summed E-state index contributed by atoms with van der Waals surface area (Å²) in [6.07, 6.45) is 1.60. The van der Waals surface area contributed by atoms with Crippen LogP contribution in [-0.2, 0) is 13.1 Å². The zero-order valence-electron chi connectivity index (χ0n) is 13.1. The van der Waals surface area contributed by atoms with Crippen LogP contribution in [0.1, 0.15) is 20.1 Å². The number of thiazole rings is 1. The maximum absolute atomic E-state index is 12.2. The van der Waals surface area contributed by atoms with E-state index in [1.165, 1.54) is 4.57 Å². The lowest BCUT2D eigenvalue weighted by atomic mass is 10.2. The van der Waals surface area contributed by atoms with Crippen LogP contribution in [0.15, 0.2) is 46.7 Å². The van der Waals surface area contributed by atoms with Crippen LogP contribution >= 0.6 is 22.7 Å². The van der Waals surface area contributed by atoms with Gasteiger partial charge in [0.2, 0.25) is 6.79 Å². The molecule has 0 saturated heterocycles. The molecule has 0 spiro atoms. The van der Waals surface area contributed by atoms with Gasteiger partial charge in [0.25, 0.3) is 5.91 Å². The summed E-state index contributed by atoms with van der Waals surface area (Å²) in [5.74, 6) is 1.14. The maximum atomic E-state index is 12.2. The summed E-state index contributed by atoms with van der Waals surface area (Å²) in [6.45, 7) is 1.06. The van der Waals surface area contributed by atoms with Gasteiger partial charge in [-0.3, -0.25) is 9.59 Å². The van der Waals surface area contributed by atoms with E-state index in [-0.39, 0.29) is 17.6 Å². The van der Waals surface area contributed by atoms with Gasteiger partial charge < -0.3 is 19.4 Å². The van der Waals surface area contributed by atoms with Gasteiger partial charge in [-0.1, -0.05) is 23.5 Å². The molecular formula is C17H14N2O4S2. The normalized spacial score (nSPS) is 12.3. The summed E-state index contributed by atoms with van der Waals surface area (Å²) in [6, 6.07) is 9.45. The minimum absolute atomic E-state index is 0.168. The van der Waals surface area contributed by atoms with Crippen molar-refractivity contribution in [3.05, 3.63) is 66.9 Å². The van der Waals surface area contributed by atoms with Crippen molar-refractivity contribution in [1.82, 2.24) is 9.88 Å². The molecule has 0 atom stereocenters. The highest BCUT2D eigenvalue weighted by molar-refractivity contribution is 7.11. The highest BCUT2D eigenvalue weighted by Crippen LogP contribution is 2.32. The number of hydrogen-bond acceptors (Lipinski definition) is 6. The number of aromatic nitrogens is 1. The first-order chi connectivity index (χ1) is 12.2. The van der Waals surface area contributed by atoms with Crippen LogP contribution in [0.25, 0.3) is 0 Å². The number of ether oxygens (including phenoxy) is 2. The van der Waals surface area contributed by atoms with Crippen LogP contribution in [0, 0.1) is 0 Å².